The molecule has 1 fully saturated rings. The summed E-state index contributed by atoms with van der Waals surface area (Å²) in [7, 11) is -4.27. The van der Waals surface area contributed by atoms with Crippen molar-refractivity contribution in [2.24, 2.45) is 0 Å². The standard InChI is InChI=1S/C26H26F3NO5S/c1-33-23-9-8-20(17-24(23)34-21-5-2-3-6-21)25(14-10-19-11-15-30-16-12-19)13-4-7-22(18-25)35-36(31,32)26(27,28)29/h7-9,11-12,15-17,21H,2-6,13,18H2,1H3. The minimum absolute atomic E-state index is 0.0510. The van der Waals surface area contributed by atoms with Crippen LogP contribution in [0, 0.1) is 11.8 Å². The Kier molecular flexibility index (Phi) is 7.50. The molecule has 1 saturated carbocycles. The third-order valence-corrected chi connectivity index (χ3v) is 7.36. The molecule has 6 nitrogen and oxygen atoms in total. The van der Waals surface area contributed by atoms with E-state index in [1.165, 1.54) is 13.2 Å². The molecule has 0 saturated heterocycles. The highest BCUT2D eigenvalue weighted by Gasteiger charge is 2.49. The minimum atomic E-state index is -5.80. The molecule has 1 heterocycles. The maximum atomic E-state index is 13.0. The molecular formula is C26H26F3NO5S. The second-order valence-electron chi connectivity index (χ2n) is 8.83. The second kappa shape index (κ2) is 10.4. The SMILES string of the molecule is COc1ccc(C2(C#Cc3ccncc3)CCC=C(OS(=O)(=O)C(F)(F)F)C2)cc1OC1CCCC1. The van der Waals surface area contributed by atoms with Gasteiger partial charge in [-0.1, -0.05) is 17.9 Å². The lowest BCUT2D eigenvalue weighted by atomic mass is 9.71. The highest BCUT2D eigenvalue weighted by molar-refractivity contribution is 7.87. The number of ether oxygens (including phenoxy) is 2. The molecule has 1 aromatic heterocycles. The van der Waals surface area contributed by atoms with Crippen molar-refractivity contribution in [3.8, 4) is 23.3 Å². The summed E-state index contributed by atoms with van der Waals surface area (Å²) in [5.41, 5.74) is -5.20. The number of benzene rings is 1. The number of pyridine rings is 1. The fourth-order valence-corrected chi connectivity index (χ4v) is 5.00. The molecule has 1 unspecified atom stereocenters. The van der Waals surface area contributed by atoms with Crippen molar-refractivity contribution in [3.05, 3.63) is 65.7 Å². The van der Waals surface area contributed by atoms with E-state index in [4.69, 9.17) is 9.47 Å². The zero-order valence-electron chi connectivity index (χ0n) is 19.7. The summed E-state index contributed by atoms with van der Waals surface area (Å²) in [6.07, 6.45) is 9.16. The number of hydrogen-bond donors (Lipinski definition) is 0. The molecule has 36 heavy (non-hydrogen) atoms. The van der Waals surface area contributed by atoms with Gasteiger partial charge in [0, 0.05) is 24.4 Å². The Labute approximate surface area is 208 Å². The van der Waals surface area contributed by atoms with Crippen LogP contribution in [0.25, 0.3) is 0 Å². The average Bonchev–Trinajstić information content (AvgIpc) is 3.36. The molecule has 10 heteroatoms. The molecular weight excluding hydrogens is 495 g/mol. The smallest absolute Gasteiger partial charge is 0.493 e. The van der Waals surface area contributed by atoms with Crippen molar-refractivity contribution in [1.29, 1.82) is 0 Å². The summed E-state index contributed by atoms with van der Waals surface area (Å²) in [5.74, 6) is 7.04. The quantitative estimate of drug-likeness (QED) is 0.279. The third-order valence-electron chi connectivity index (χ3n) is 6.36. The van der Waals surface area contributed by atoms with Gasteiger partial charge in [-0.2, -0.15) is 21.6 Å². The predicted octanol–water partition coefficient (Wildman–Crippen LogP) is 5.64. The molecule has 2 aliphatic rings. The first kappa shape index (κ1) is 25.9. The lowest BCUT2D eigenvalue weighted by Gasteiger charge is -2.33. The summed E-state index contributed by atoms with van der Waals surface area (Å²) in [4.78, 5) is 3.97. The molecule has 1 aromatic carbocycles. The van der Waals surface area contributed by atoms with Crippen LogP contribution in [-0.2, 0) is 19.7 Å². The number of allylic oxidation sites excluding steroid dienone is 2. The molecule has 192 valence electrons. The zero-order chi connectivity index (χ0) is 25.8. The summed E-state index contributed by atoms with van der Waals surface area (Å²) in [5, 5.41) is 0. The first-order valence-corrected chi connectivity index (χ1v) is 13.0. The van der Waals surface area contributed by atoms with Gasteiger partial charge in [0.15, 0.2) is 11.5 Å². The Hall–Kier alpha value is -3.19. The van der Waals surface area contributed by atoms with E-state index in [0.717, 1.165) is 25.7 Å². The van der Waals surface area contributed by atoms with E-state index in [1.807, 2.05) is 0 Å². The van der Waals surface area contributed by atoms with Crippen molar-refractivity contribution in [1.82, 2.24) is 4.98 Å². The Bertz CT molecular complexity index is 1280. The molecule has 0 aliphatic heterocycles. The molecule has 2 aromatic rings. The Morgan fingerprint density at radius 1 is 1.08 bits per heavy atom. The molecule has 1 atom stereocenters. The van der Waals surface area contributed by atoms with Crippen LogP contribution >= 0.6 is 0 Å². The van der Waals surface area contributed by atoms with Gasteiger partial charge in [-0.05, 0) is 74.4 Å². The summed E-state index contributed by atoms with van der Waals surface area (Å²) in [6.45, 7) is 0. The Morgan fingerprint density at radius 2 is 1.81 bits per heavy atom. The van der Waals surface area contributed by atoms with E-state index in [-0.39, 0.29) is 24.7 Å². The van der Waals surface area contributed by atoms with Crippen LogP contribution in [0.2, 0.25) is 0 Å². The normalized spacial score (nSPS) is 20.7. The largest absolute Gasteiger partial charge is 0.534 e. The van der Waals surface area contributed by atoms with Gasteiger partial charge in [0.1, 0.15) is 5.76 Å². The number of methoxy groups -OCH3 is 1. The fraction of sp³-hybridized carbons (Fsp3) is 0.423. The topological polar surface area (TPSA) is 74.7 Å². The number of alkyl halides is 3. The number of nitrogens with zero attached hydrogens (tertiary/aromatic N) is 1. The molecule has 0 N–H and O–H groups in total. The van der Waals surface area contributed by atoms with Crippen LogP contribution in [0.3, 0.4) is 0 Å². The molecule has 2 aliphatic carbocycles. The fourth-order valence-electron chi connectivity index (χ4n) is 4.49. The van der Waals surface area contributed by atoms with E-state index in [2.05, 4.69) is 21.0 Å². The summed E-state index contributed by atoms with van der Waals surface area (Å²) < 4.78 is 78.6. The van der Waals surface area contributed by atoms with Gasteiger partial charge in [0.2, 0.25) is 0 Å². The summed E-state index contributed by atoms with van der Waals surface area (Å²) >= 11 is 0. The number of halogens is 3. The van der Waals surface area contributed by atoms with Crippen molar-refractivity contribution in [3.63, 3.8) is 0 Å². The van der Waals surface area contributed by atoms with E-state index in [9.17, 15) is 21.6 Å². The van der Waals surface area contributed by atoms with Crippen molar-refractivity contribution >= 4 is 10.1 Å². The van der Waals surface area contributed by atoms with Crippen molar-refractivity contribution in [2.45, 2.75) is 62.0 Å². The highest BCUT2D eigenvalue weighted by Crippen LogP contribution is 2.44. The third kappa shape index (κ3) is 5.78. The lowest BCUT2D eigenvalue weighted by molar-refractivity contribution is -0.0525. The van der Waals surface area contributed by atoms with E-state index in [1.54, 1.807) is 42.7 Å². The molecule has 0 spiro atoms. The van der Waals surface area contributed by atoms with Crippen LogP contribution in [0.15, 0.2) is 54.6 Å². The van der Waals surface area contributed by atoms with Crippen molar-refractivity contribution in [2.75, 3.05) is 7.11 Å². The van der Waals surface area contributed by atoms with Crippen LogP contribution in [0.5, 0.6) is 11.5 Å². The van der Waals surface area contributed by atoms with Gasteiger partial charge in [-0.3, -0.25) is 4.98 Å². The van der Waals surface area contributed by atoms with Crippen molar-refractivity contribution < 1.29 is 35.2 Å². The van der Waals surface area contributed by atoms with Gasteiger partial charge in [0.05, 0.1) is 18.6 Å². The van der Waals surface area contributed by atoms with E-state index in [0.29, 0.717) is 29.0 Å². The lowest BCUT2D eigenvalue weighted by Crippen LogP contribution is -2.31. The first-order valence-electron chi connectivity index (χ1n) is 11.6. The molecule has 0 bridgehead atoms. The van der Waals surface area contributed by atoms with Gasteiger partial charge >= 0.3 is 15.6 Å². The molecule has 0 radical (unpaired) electrons. The first-order chi connectivity index (χ1) is 17.1. The molecule has 4 rings (SSSR count). The predicted molar refractivity (Wildman–Crippen MR) is 127 cm³/mol. The summed E-state index contributed by atoms with van der Waals surface area (Å²) in [6, 6.07) is 8.74. The highest BCUT2D eigenvalue weighted by atomic mass is 32.2. The monoisotopic (exact) mass is 521 g/mol. The maximum Gasteiger partial charge on any atom is 0.534 e. The van der Waals surface area contributed by atoms with Gasteiger partial charge in [0.25, 0.3) is 0 Å². The zero-order valence-corrected chi connectivity index (χ0v) is 20.5. The minimum Gasteiger partial charge on any atom is -0.493 e. The van der Waals surface area contributed by atoms with Gasteiger partial charge < -0.3 is 13.7 Å². The van der Waals surface area contributed by atoms with E-state index < -0.39 is 21.0 Å². The Morgan fingerprint density at radius 3 is 2.47 bits per heavy atom. The molecule has 0 amide bonds. The van der Waals surface area contributed by atoms with Crippen LogP contribution < -0.4 is 9.47 Å². The second-order valence-corrected chi connectivity index (χ2v) is 10.4. The number of aromatic nitrogens is 1. The van der Waals surface area contributed by atoms with Crippen LogP contribution in [0.1, 0.15) is 56.1 Å². The van der Waals surface area contributed by atoms with Crippen LogP contribution in [-0.4, -0.2) is 32.1 Å². The number of hydrogen-bond acceptors (Lipinski definition) is 6. The maximum absolute atomic E-state index is 13.0. The Balaban J connectivity index is 1.74. The van der Waals surface area contributed by atoms with Gasteiger partial charge in [-0.15, -0.1) is 0 Å². The average molecular weight is 522 g/mol. The van der Waals surface area contributed by atoms with E-state index >= 15 is 0 Å². The van der Waals surface area contributed by atoms with Gasteiger partial charge in [-0.25, -0.2) is 0 Å². The number of rotatable bonds is 6. The van der Waals surface area contributed by atoms with Crippen LogP contribution in [0.4, 0.5) is 13.2 Å².